The Kier molecular flexibility index (Phi) is 4.33. The summed E-state index contributed by atoms with van der Waals surface area (Å²) in [6.07, 6.45) is 0. The number of ether oxygens (including phenoxy) is 1. The molecule has 1 aromatic rings. The first kappa shape index (κ1) is 12.2. The van der Waals surface area contributed by atoms with Gasteiger partial charge in [-0.15, -0.1) is 11.8 Å². The number of thioether (sulfide) groups is 1. The molecule has 84 valence electrons. The monoisotopic (exact) mass is 225 g/mol. The van der Waals surface area contributed by atoms with E-state index < -0.39 is 0 Å². The molecule has 0 bridgehead atoms. The van der Waals surface area contributed by atoms with Crippen LogP contribution in [0.25, 0.3) is 0 Å². The Morgan fingerprint density at radius 1 is 1.27 bits per heavy atom. The number of hydrogen-bond donors (Lipinski definition) is 1. The Labute approximate surface area is 96.2 Å². The van der Waals surface area contributed by atoms with Gasteiger partial charge >= 0.3 is 0 Å². The summed E-state index contributed by atoms with van der Waals surface area (Å²) in [6.45, 7) is 6.65. The molecule has 1 aromatic carbocycles. The largest absolute Gasteiger partial charge is 0.497 e. The standard InChI is InChI=1S/C12H19NOS/c1-8(2)9(3)15-12-7-10(14-4)5-6-11(12)13/h5-9H,13H2,1-4H3. The molecule has 0 fully saturated rings. The van der Waals surface area contributed by atoms with Crippen molar-refractivity contribution in [3.63, 3.8) is 0 Å². The van der Waals surface area contributed by atoms with Crippen LogP contribution < -0.4 is 10.5 Å². The van der Waals surface area contributed by atoms with E-state index in [-0.39, 0.29) is 0 Å². The van der Waals surface area contributed by atoms with Gasteiger partial charge in [-0.3, -0.25) is 0 Å². The lowest BCUT2D eigenvalue weighted by atomic mass is 10.2. The minimum atomic E-state index is 0.555. The van der Waals surface area contributed by atoms with E-state index >= 15 is 0 Å². The van der Waals surface area contributed by atoms with Crippen molar-refractivity contribution in [3.8, 4) is 5.75 Å². The van der Waals surface area contributed by atoms with Crippen LogP contribution in [0.1, 0.15) is 20.8 Å². The first-order valence-electron chi connectivity index (χ1n) is 5.14. The van der Waals surface area contributed by atoms with Crippen LogP contribution in [0.5, 0.6) is 5.75 Å². The Morgan fingerprint density at radius 3 is 2.47 bits per heavy atom. The summed E-state index contributed by atoms with van der Waals surface area (Å²) in [6, 6.07) is 5.78. The first-order valence-corrected chi connectivity index (χ1v) is 6.02. The second-order valence-electron chi connectivity index (χ2n) is 3.97. The topological polar surface area (TPSA) is 35.2 Å². The van der Waals surface area contributed by atoms with Gasteiger partial charge in [0.1, 0.15) is 5.75 Å². The Bertz CT molecular complexity index is 325. The Hall–Kier alpha value is -0.830. The van der Waals surface area contributed by atoms with Gasteiger partial charge in [0.2, 0.25) is 0 Å². The van der Waals surface area contributed by atoms with Gasteiger partial charge in [0.15, 0.2) is 0 Å². The summed E-state index contributed by atoms with van der Waals surface area (Å²) in [5.41, 5.74) is 6.74. The lowest BCUT2D eigenvalue weighted by molar-refractivity contribution is 0.414. The summed E-state index contributed by atoms with van der Waals surface area (Å²) >= 11 is 1.80. The van der Waals surface area contributed by atoms with Crippen molar-refractivity contribution < 1.29 is 4.74 Å². The highest BCUT2D eigenvalue weighted by Crippen LogP contribution is 2.34. The molecule has 0 heterocycles. The van der Waals surface area contributed by atoms with Crippen LogP contribution in [0.15, 0.2) is 23.1 Å². The molecule has 1 atom stereocenters. The molecule has 0 aromatic heterocycles. The molecule has 0 saturated heterocycles. The van der Waals surface area contributed by atoms with Gasteiger partial charge < -0.3 is 10.5 Å². The van der Waals surface area contributed by atoms with Gasteiger partial charge in [-0.25, -0.2) is 0 Å². The Morgan fingerprint density at radius 2 is 1.93 bits per heavy atom. The summed E-state index contributed by atoms with van der Waals surface area (Å²) in [4.78, 5) is 1.11. The van der Waals surface area contributed by atoms with Gasteiger partial charge in [-0.05, 0) is 24.1 Å². The molecule has 0 aliphatic carbocycles. The number of nitrogens with two attached hydrogens (primary N) is 1. The predicted molar refractivity (Wildman–Crippen MR) is 67.6 cm³/mol. The molecule has 0 aliphatic heterocycles. The first-order chi connectivity index (χ1) is 7.04. The third kappa shape index (κ3) is 3.34. The number of benzene rings is 1. The van der Waals surface area contributed by atoms with E-state index in [4.69, 9.17) is 10.5 Å². The zero-order valence-electron chi connectivity index (χ0n) is 9.78. The van der Waals surface area contributed by atoms with Crippen molar-refractivity contribution in [2.75, 3.05) is 12.8 Å². The predicted octanol–water partition coefficient (Wildman–Crippen LogP) is 3.41. The van der Waals surface area contributed by atoms with E-state index in [0.717, 1.165) is 16.3 Å². The van der Waals surface area contributed by atoms with Crippen LogP contribution in [-0.4, -0.2) is 12.4 Å². The fraction of sp³-hybridized carbons (Fsp3) is 0.500. The number of methoxy groups -OCH3 is 1. The highest BCUT2D eigenvalue weighted by molar-refractivity contribution is 8.00. The molecule has 0 amide bonds. The maximum Gasteiger partial charge on any atom is 0.120 e. The molecular weight excluding hydrogens is 206 g/mol. The smallest absolute Gasteiger partial charge is 0.120 e. The fourth-order valence-corrected chi connectivity index (χ4v) is 2.14. The third-order valence-corrected chi connectivity index (χ3v) is 4.00. The van der Waals surface area contributed by atoms with Crippen LogP contribution in [0, 0.1) is 5.92 Å². The zero-order chi connectivity index (χ0) is 11.4. The lowest BCUT2D eigenvalue weighted by Gasteiger charge is -2.16. The fourth-order valence-electron chi connectivity index (χ4n) is 1.08. The average molecular weight is 225 g/mol. The van der Waals surface area contributed by atoms with Crippen molar-refractivity contribution in [3.05, 3.63) is 18.2 Å². The number of nitrogen functional groups attached to an aromatic ring is 1. The number of hydrogen-bond acceptors (Lipinski definition) is 3. The minimum Gasteiger partial charge on any atom is -0.497 e. The SMILES string of the molecule is COc1ccc(N)c(SC(C)C(C)C)c1. The second-order valence-corrected chi connectivity index (χ2v) is 5.39. The second kappa shape index (κ2) is 5.31. The van der Waals surface area contributed by atoms with Crippen LogP contribution in [0.2, 0.25) is 0 Å². The average Bonchev–Trinajstić information content (AvgIpc) is 2.21. The molecule has 15 heavy (non-hydrogen) atoms. The van der Waals surface area contributed by atoms with E-state index in [1.165, 1.54) is 0 Å². The summed E-state index contributed by atoms with van der Waals surface area (Å²) in [5.74, 6) is 1.50. The van der Waals surface area contributed by atoms with Crippen LogP contribution in [0.3, 0.4) is 0 Å². The van der Waals surface area contributed by atoms with E-state index in [1.54, 1.807) is 18.9 Å². The van der Waals surface area contributed by atoms with Crippen LogP contribution in [-0.2, 0) is 0 Å². The normalized spacial score (nSPS) is 12.9. The Balaban J connectivity index is 2.83. The summed E-state index contributed by atoms with van der Waals surface area (Å²) in [5, 5.41) is 0.555. The molecule has 1 rings (SSSR count). The maximum atomic E-state index is 5.92. The highest BCUT2D eigenvalue weighted by Gasteiger charge is 2.11. The molecule has 2 nitrogen and oxygen atoms in total. The molecule has 3 heteroatoms. The highest BCUT2D eigenvalue weighted by atomic mass is 32.2. The molecular formula is C12H19NOS. The summed E-state index contributed by atoms with van der Waals surface area (Å²) < 4.78 is 5.18. The van der Waals surface area contributed by atoms with Gasteiger partial charge in [0, 0.05) is 15.8 Å². The van der Waals surface area contributed by atoms with E-state index in [0.29, 0.717) is 11.2 Å². The van der Waals surface area contributed by atoms with Gasteiger partial charge in [0.25, 0.3) is 0 Å². The van der Waals surface area contributed by atoms with Gasteiger partial charge in [-0.2, -0.15) is 0 Å². The molecule has 1 unspecified atom stereocenters. The van der Waals surface area contributed by atoms with Crippen molar-refractivity contribution in [1.29, 1.82) is 0 Å². The quantitative estimate of drug-likeness (QED) is 0.630. The van der Waals surface area contributed by atoms with Crippen molar-refractivity contribution >= 4 is 17.4 Å². The zero-order valence-corrected chi connectivity index (χ0v) is 10.6. The van der Waals surface area contributed by atoms with Gasteiger partial charge in [0.05, 0.1) is 7.11 Å². The lowest BCUT2D eigenvalue weighted by Crippen LogP contribution is -2.06. The molecule has 2 N–H and O–H groups in total. The van der Waals surface area contributed by atoms with Crippen LogP contribution in [0.4, 0.5) is 5.69 Å². The number of rotatable bonds is 4. The van der Waals surface area contributed by atoms with Crippen molar-refractivity contribution in [1.82, 2.24) is 0 Å². The number of anilines is 1. The van der Waals surface area contributed by atoms with E-state index in [2.05, 4.69) is 20.8 Å². The van der Waals surface area contributed by atoms with Crippen LogP contribution >= 0.6 is 11.8 Å². The van der Waals surface area contributed by atoms with Crippen molar-refractivity contribution in [2.24, 2.45) is 5.92 Å². The van der Waals surface area contributed by atoms with E-state index in [9.17, 15) is 0 Å². The maximum absolute atomic E-state index is 5.92. The molecule has 0 radical (unpaired) electrons. The van der Waals surface area contributed by atoms with E-state index in [1.807, 2.05) is 18.2 Å². The molecule has 0 aliphatic rings. The summed E-state index contributed by atoms with van der Waals surface area (Å²) in [7, 11) is 1.67. The minimum absolute atomic E-state index is 0.555. The van der Waals surface area contributed by atoms with Gasteiger partial charge in [-0.1, -0.05) is 20.8 Å². The molecule has 0 spiro atoms. The van der Waals surface area contributed by atoms with Crippen molar-refractivity contribution in [2.45, 2.75) is 30.9 Å². The molecule has 0 saturated carbocycles. The third-order valence-electron chi connectivity index (χ3n) is 2.47.